The van der Waals surface area contributed by atoms with Crippen LogP contribution in [0, 0.1) is 11.8 Å². The molecule has 132 valence electrons. The van der Waals surface area contributed by atoms with Crippen LogP contribution in [0.3, 0.4) is 0 Å². The first-order valence-electron chi connectivity index (χ1n) is 9.71. The number of carbonyl (C=O) groups is 1. The molecule has 0 bridgehead atoms. The van der Waals surface area contributed by atoms with Crippen LogP contribution in [0.5, 0.6) is 0 Å². The van der Waals surface area contributed by atoms with Crippen LogP contribution in [0.4, 0.5) is 0 Å². The first-order chi connectivity index (χ1) is 11.6. The summed E-state index contributed by atoms with van der Waals surface area (Å²) < 4.78 is 0. The van der Waals surface area contributed by atoms with Crippen LogP contribution < -0.4 is 0 Å². The quantitative estimate of drug-likeness (QED) is 0.712. The third kappa shape index (κ3) is 4.60. The summed E-state index contributed by atoms with van der Waals surface area (Å²) in [5.41, 5.74) is 1.33. The fraction of sp³-hybridized carbons (Fsp3) is 0.667. The van der Waals surface area contributed by atoms with Crippen molar-refractivity contribution in [3.63, 3.8) is 0 Å². The maximum Gasteiger partial charge on any atom is 0.226 e. The lowest BCUT2D eigenvalue weighted by atomic mass is 10.1. The second kappa shape index (κ2) is 8.15. The molecule has 1 aromatic carbocycles. The minimum Gasteiger partial charge on any atom is -0.340 e. The fourth-order valence-corrected chi connectivity index (χ4v) is 3.85. The zero-order valence-corrected chi connectivity index (χ0v) is 15.3. The Morgan fingerprint density at radius 3 is 2.46 bits per heavy atom. The Morgan fingerprint density at radius 1 is 1.08 bits per heavy atom. The van der Waals surface area contributed by atoms with Crippen LogP contribution in [-0.2, 0) is 4.79 Å². The molecule has 0 unspecified atom stereocenters. The van der Waals surface area contributed by atoms with Gasteiger partial charge in [0.1, 0.15) is 0 Å². The molecule has 0 aromatic heterocycles. The smallest absolute Gasteiger partial charge is 0.226 e. The Bertz CT molecular complexity index is 520. The average Bonchev–Trinajstić information content (AvgIpc) is 3.40. The van der Waals surface area contributed by atoms with Crippen molar-refractivity contribution >= 4 is 5.91 Å². The summed E-state index contributed by atoms with van der Waals surface area (Å²) in [4.78, 5) is 17.3. The highest BCUT2D eigenvalue weighted by Crippen LogP contribution is 2.48. The number of amides is 1. The van der Waals surface area contributed by atoms with Gasteiger partial charge in [-0.05, 0) is 36.8 Å². The van der Waals surface area contributed by atoms with Gasteiger partial charge in [0.05, 0.1) is 0 Å². The van der Waals surface area contributed by atoms with Gasteiger partial charge >= 0.3 is 0 Å². The van der Waals surface area contributed by atoms with E-state index in [9.17, 15) is 4.79 Å². The number of rotatable bonds is 7. The Balaban J connectivity index is 1.37. The Labute approximate surface area is 147 Å². The average molecular weight is 329 g/mol. The third-order valence-electron chi connectivity index (χ3n) is 5.53. The molecule has 24 heavy (non-hydrogen) atoms. The van der Waals surface area contributed by atoms with E-state index in [4.69, 9.17) is 0 Å². The summed E-state index contributed by atoms with van der Waals surface area (Å²) in [6.07, 6.45) is 5.00. The van der Waals surface area contributed by atoms with Crippen LogP contribution in [0.15, 0.2) is 30.3 Å². The molecule has 1 saturated carbocycles. The van der Waals surface area contributed by atoms with Crippen molar-refractivity contribution in [3.8, 4) is 0 Å². The highest BCUT2D eigenvalue weighted by Gasteiger charge is 2.45. The summed E-state index contributed by atoms with van der Waals surface area (Å²) in [6.45, 7) is 9.73. The van der Waals surface area contributed by atoms with Gasteiger partial charge in [0.25, 0.3) is 0 Å². The monoisotopic (exact) mass is 328 g/mol. The van der Waals surface area contributed by atoms with Crippen molar-refractivity contribution in [2.24, 2.45) is 11.8 Å². The Hall–Kier alpha value is -1.35. The lowest BCUT2D eigenvalue weighted by Crippen LogP contribution is -2.49. The molecule has 2 aliphatic rings. The van der Waals surface area contributed by atoms with Crippen molar-refractivity contribution in [1.29, 1.82) is 0 Å². The van der Waals surface area contributed by atoms with Crippen molar-refractivity contribution in [3.05, 3.63) is 35.9 Å². The molecule has 1 aliphatic carbocycles. The van der Waals surface area contributed by atoms with Gasteiger partial charge in [0.15, 0.2) is 0 Å². The van der Waals surface area contributed by atoms with Gasteiger partial charge in [0, 0.05) is 32.1 Å². The second-order valence-corrected chi connectivity index (χ2v) is 7.92. The van der Waals surface area contributed by atoms with Gasteiger partial charge in [-0.2, -0.15) is 0 Å². The second-order valence-electron chi connectivity index (χ2n) is 7.92. The van der Waals surface area contributed by atoms with Crippen LogP contribution in [0.1, 0.15) is 51.0 Å². The molecule has 1 aliphatic heterocycles. The van der Waals surface area contributed by atoms with Crippen molar-refractivity contribution in [2.75, 3.05) is 32.7 Å². The summed E-state index contributed by atoms with van der Waals surface area (Å²) in [5.74, 6) is 1.91. The molecule has 1 amide bonds. The molecule has 2 fully saturated rings. The Morgan fingerprint density at radius 2 is 1.79 bits per heavy atom. The minimum atomic E-state index is 0.241. The molecular weight excluding hydrogens is 296 g/mol. The van der Waals surface area contributed by atoms with E-state index in [1.165, 1.54) is 31.4 Å². The predicted octanol–water partition coefficient (Wildman–Crippen LogP) is 3.76. The number of carbonyl (C=O) groups excluding carboxylic acids is 1. The van der Waals surface area contributed by atoms with Crippen LogP contribution >= 0.6 is 0 Å². The Kier molecular flexibility index (Phi) is 5.94. The highest BCUT2D eigenvalue weighted by molar-refractivity contribution is 5.83. The third-order valence-corrected chi connectivity index (χ3v) is 5.53. The number of unbranched alkanes of at least 4 members (excludes halogenated alkanes) is 1. The first-order valence-corrected chi connectivity index (χ1v) is 9.71. The topological polar surface area (TPSA) is 23.6 Å². The number of nitrogens with zero attached hydrogens (tertiary/aromatic N) is 2. The molecule has 3 nitrogen and oxygen atoms in total. The molecule has 0 N–H and O–H groups in total. The molecule has 0 radical (unpaired) electrons. The highest BCUT2D eigenvalue weighted by atomic mass is 16.2. The zero-order chi connectivity index (χ0) is 16.9. The SMILES string of the molecule is CC(C)CCCCN1CCN(C(=O)[C@@H]2C[C@H]2c2ccccc2)CC1. The van der Waals surface area contributed by atoms with Crippen molar-refractivity contribution in [2.45, 2.75) is 45.4 Å². The predicted molar refractivity (Wildman–Crippen MR) is 99.0 cm³/mol. The van der Waals surface area contributed by atoms with Gasteiger partial charge in [-0.3, -0.25) is 9.69 Å². The number of hydrogen-bond donors (Lipinski definition) is 0. The van der Waals surface area contributed by atoms with E-state index in [0.29, 0.717) is 11.8 Å². The van der Waals surface area contributed by atoms with E-state index in [0.717, 1.165) is 38.5 Å². The molecule has 1 saturated heterocycles. The van der Waals surface area contributed by atoms with E-state index < -0.39 is 0 Å². The number of hydrogen-bond acceptors (Lipinski definition) is 2. The molecular formula is C21H32N2O. The van der Waals surface area contributed by atoms with Gasteiger partial charge < -0.3 is 4.90 Å². The minimum absolute atomic E-state index is 0.241. The van der Waals surface area contributed by atoms with Crippen LogP contribution in [0.25, 0.3) is 0 Å². The lowest BCUT2D eigenvalue weighted by Gasteiger charge is -2.35. The van der Waals surface area contributed by atoms with Crippen LogP contribution in [-0.4, -0.2) is 48.4 Å². The lowest BCUT2D eigenvalue weighted by molar-refractivity contribution is -0.134. The van der Waals surface area contributed by atoms with E-state index in [1.807, 2.05) is 6.07 Å². The maximum atomic E-state index is 12.7. The van der Waals surface area contributed by atoms with E-state index in [2.05, 4.69) is 47.9 Å². The summed E-state index contributed by atoms with van der Waals surface area (Å²) in [5, 5.41) is 0. The van der Waals surface area contributed by atoms with E-state index in [1.54, 1.807) is 0 Å². The molecule has 1 aromatic rings. The van der Waals surface area contributed by atoms with Gasteiger partial charge in [-0.25, -0.2) is 0 Å². The van der Waals surface area contributed by atoms with E-state index >= 15 is 0 Å². The fourth-order valence-electron chi connectivity index (χ4n) is 3.85. The van der Waals surface area contributed by atoms with Gasteiger partial charge in [-0.15, -0.1) is 0 Å². The molecule has 0 spiro atoms. The maximum absolute atomic E-state index is 12.7. The van der Waals surface area contributed by atoms with Gasteiger partial charge in [-0.1, -0.05) is 57.0 Å². The molecule has 2 atom stereocenters. The molecule has 3 rings (SSSR count). The summed E-state index contributed by atoms with van der Waals surface area (Å²) in [7, 11) is 0. The normalized spacial score (nSPS) is 24.4. The largest absolute Gasteiger partial charge is 0.340 e. The zero-order valence-electron chi connectivity index (χ0n) is 15.3. The van der Waals surface area contributed by atoms with Crippen molar-refractivity contribution in [1.82, 2.24) is 9.80 Å². The summed E-state index contributed by atoms with van der Waals surface area (Å²) >= 11 is 0. The van der Waals surface area contributed by atoms with Crippen molar-refractivity contribution < 1.29 is 4.79 Å². The van der Waals surface area contributed by atoms with Crippen LogP contribution in [0.2, 0.25) is 0 Å². The summed E-state index contributed by atoms with van der Waals surface area (Å²) in [6, 6.07) is 10.5. The first kappa shape index (κ1) is 17.5. The number of benzene rings is 1. The van der Waals surface area contributed by atoms with E-state index in [-0.39, 0.29) is 5.92 Å². The molecule has 1 heterocycles. The van der Waals surface area contributed by atoms with Gasteiger partial charge in [0.2, 0.25) is 5.91 Å². The molecule has 3 heteroatoms. The standard InChI is InChI=1S/C21H32N2O/c1-17(2)8-6-7-11-22-12-14-23(15-13-22)21(24)20-16-19(20)18-9-4-3-5-10-18/h3-5,9-10,17,19-20H,6-8,11-16H2,1-2H3/t19-,20+/m0/s1. The number of piperazine rings is 1.